The molecule has 0 aliphatic carbocycles. The van der Waals surface area contributed by atoms with Crippen molar-refractivity contribution in [2.24, 2.45) is 16.8 Å². The second-order valence-corrected chi connectivity index (χ2v) is 3.95. The number of nitrogens with zero attached hydrogens (tertiary/aromatic N) is 2. The molecule has 3 N–H and O–H groups in total. The first kappa shape index (κ1) is 13.2. The molecule has 0 amide bonds. The minimum absolute atomic E-state index is 0.711. The molecule has 0 atom stereocenters. The average Bonchev–Trinajstić information content (AvgIpc) is 2.16. The van der Waals surface area contributed by atoms with Gasteiger partial charge in [0.15, 0.2) is 0 Å². The molecule has 0 aromatic heterocycles. The minimum Gasteiger partial charge on any atom is -0.345 e. The third-order valence-electron chi connectivity index (χ3n) is 2.02. The Morgan fingerprint density at radius 1 is 1.50 bits per heavy atom. The summed E-state index contributed by atoms with van der Waals surface area (Å²) in [5, 5.41) is 0. The normalized spacial score (nSPS) is 12.0. The molecule has 0 aliphatic rings. The lowest BCUT2D eigenvalue weighted by atomic mass is 10.1. The fraction of sp³-hybridized carbons (Fsp3) is 0.900. The molecule has 84 valence electrons. The van der Waals surface area contributed by atoms with E-state index in [2.05, 4.69) is 36.1 Å². The van der Waals surface area contributed by atoms with Crippen LogP contribution in [0.1, 0.15) is 33.6 Å². The third-order valence-corrected chi connectivity index (χ3v) is 2.02. The van der Waals surface area contributed by atoms with Crippen molar-refractivity contribution in [3.05, 3.63) is 0 Å². The predicted molar refractivity (Wildman–Crippen MR) is 62.0 cm³/mol. The van der Waals surface area contributed by atoms with E-state index in [0.29, 0.717) is 5.92 Å². The van der Waals surface area contributed by atoms with Crippen LogP contribution in [-0.4, -0.2) is 31.0 Å². The summed E-state index contributed by atoms with van der Waals surface area (Å²) >= 11 is 0. The van der Waals surface area contributed by atoms with Crippen LogP contribution in [0.2, 0.25) is 0 Å². The molecule has 0 aromatic rings. The van der Waals surface area contributed by atoms with Crippen LogP contribution < -0.4 is 11.3 Å². The molecule has 0 bridgehead atoms. The van der Waals surface area contributed by atoms with Crippen molar-refractivity contribution in [1.29, 1.82) is 0 Å². The SMILES string of the molecule is CCCN=C(NN)N(C)CCC(C)C. The van der Waals surface area contributed by atoms with Gasteiger partial charge in [-0.15, -0.1) is 0 Å². The second-order valence-electron chi connectivity index (χ2n) is 3.95. The highest BCUT2D eigenvalue weighted by atomic mass is 15.4. The molecule has 0 heterocycles. The standard InChI is InChI=1S/C10H24N4/c1-5-7-12-10(13-11)14(4)8-6-9(2)3/h9H,5-8,11H2,1-4H3,(H,12,13). The Morgan fingerprint density at radius 3 is 2.57 bits per heavy atom. The van der Waals surface area contributed by atoms with E-state index in [1.165, 1.54) is 0 Å². The summed E-state index contributed by atoms with van der Waals surface area (Å²) in [6, 6.07) is 0. The largest absolute Gasteiger partial charge is 0.345 e. The van der Waals surface area contributed by atoms with Gasteiger partial charge in [0.1, 0.15) is 0 Å². The Hall–Kier alpha value is -0.770. The number of rotatable bonds is 5. The van der Waals surface area contributed by atoms with Crippen molar-refractivity contribution >= 4 is 5.96 Å². The van der Waals surface area contributed by atoms with Crippen LogP contribution in [0, 0.1) is 5.92 Å². The average molecular weight is 200 g/mol. The zero-order valence-corrected chi connectivity index (χ0v) is 9.88. The van der Waals surface area contributed by atoms with Gasteiger partial charge < -0.3 is 4.90 Å². The van der Waals surface area contributed by atoms with Crippen LogP contribution in [0.5, 0.6) is 0 Å². The van der Waals surface area contributed by atoms with Gasteiger partial charge >= 0.3 is 0 Å². The lowest BCUT2D eigenvalue weighted by Gasteiger charge is -2.21. The van der Waals surface area contributed by atoms with Gasteiger partial charge in [0.05, 0.1) is 0 Å². The van der Waals surface area contributed by atoms with Crippen LogP contribution in [0.15, 0.2) is 4.99 Å². The quantitative estimate of drug-likeness (QED) is 0.303. The fourth-order valence-corrected chi connectivity index (χ4v) is 1.05. The first-order valence-electron chi connectivity index (χ1n) is 5.34. The van der Waals surface area contributed by atoms with E-state index in [1.807, 2.05) is 7.05 Å². The summed E-state index contributed by atoms with van der Waals surface area (Å²) in [4.78, 5) is 6.41. The zero-order chi connectivity index (χ0) is 11.0. The van der Waals surface area contributed by atoms with Crippen molar-refractivity contribution in [1.82, 2.24) is 10.3 Å². The summed E-state index contributed by atoms with van der Waals surface area (Å²) < 4.78 is 0. The molecule has 0 rings (SSSR count). The molecule has 0 spiro atoms. The Morgan fingerprint density at radius 2 is 2.14 bits per heavy atom. The van der Waals surface area contributed by atoms with Gasteiger partial charge in [-0.25, -0.2) is 5.84 Å². The highest BCUT2D eigenvalue weighted by molar-refractivity contribution is 5.79. The van der Waals surface area contributed by atoms with E-state index in [4.69, 9.17) is 5.84 Å². The number of hydrazine groups is 1. The predicted octanol–water partition coefficient (Wildman–Crippen LogP) is 1.19. The summed E-state index contributed by atoms with van der Waals surface area (Å²) in [6.07, 6.45) is 2.20. The second kappa shape index (κ2) is 7.62. The maximum atomic E-state index is 5.40. The number of guanidine groups is 1. The molecule has 0 aliphatic heterocycles. The molecule has 4 nitrogen and oxygen atoms in total. The molecule has 0 saturated heterocycles. The molecular formula is C10H24N4. The smallest absolute Gasteiger partial charge is 0.208 e. The van der Waals surface area contributed by atoms with Crippen LogP contribution in [0.3, 0.4) is 0 Å². The maximum Gasteiger partial charge on any atom is 0.208 e. The fourth-order valence-electron chi connectivity index (χ4n) is 1.05. The van der Waals surface area contributed by atoms with Gasteiger partial charge in [0.25, 0.3) is 0 Å². The highest BCUT2D eigenvalue weighted by Crippen LogP contribution is 2.00. The number of nitrogens with one attached hydrogen (secondary N) is 1. The number of hydrogen-bond acceptors (Lipinski definition) is 2. The van der Waals surface area contributed by atoms with Gasteiger partial charge in [-0.05, 0) is 18.8 Å². The van der Waals surface area contributed by atoms with Gasteiger partial charge in [-0.3, -0.25) is 10.4 Å². The van der Waals surface area contributed by atoms with Crippen LogP contribution >= 0.6 is 0 Å². The van der Waals surface area contributed by atoms with Crippen molar-refractivity contribution < 1.29 is 0 Å². The Bertz CT molecular complexity index is 166. The van der Waals surface area contributed by atoms with E-state index < -0.39 is 0 Å². The van der Waals surface area contributed by atoms with Crippen LogP contribution in [0.4, 0.5) is 0 Å². The topological polar surface area (TPSA) is 53.6 Å². The number of nitrogens with two attached hydrogens (primary N) is 1. The minimum atomic E-state index is 0.711. The summed E-state index contributed by atoms with van der Waals surface area (Å²) in [5.74, 6) is 6.89. The monoisotopic (exact) mass is 200 g/mol. The van der Waals surface area contributed by atoms with Crippen LogP contribution in [0.25, 0.3) is 0 Å². The summed E-state index contributed by atoms with van der Waals surface area (Å²) in [6.45, 7) is 8.35. The highest BCUT2D eigenvalue weighted by Gasteiger charge is 2.04. The molecule has 14 heavy (non-hydrogen) atoms. The molecule has 4 heteroatoms. The Balaban J connectivity index is 3.97. The van der Waals surface area contributed by atoms with Crippen molar-refractivity contribution in [3.63, 3.8) is 0 Å². The molecule has 0 radical (unpaired) electrons. The third kappa shape index (κ3) is 5.80. The van der Waals surface area contributed by atoms with Crippen LogP contribution in [-0.2, 0) is 0 Å². The zero-order valence-electron chi connectivity index (χ0n) is 9.88. The Labute approximate surface area is 87.5 Å². The maximum absolute atomic E-state index is 5.40. The van der Waals surface area contributed by atoms with Crippen molar-refractivity contribution in [2.75, 3.05) is 20.1 Å². The molecule has 0 fully saturated rings. The van der Waals surface area contributed by atoms with Gasteiger partial charge in [0.2, 0.25) is 5.96 Å². The van der Waals surface area contributed by atoms with Crippen molar-refractivity contribution in [2.45, 2.75) is 33.6 Å². The lowest BCUT2D eigenvalue weighted by molar-refractivity contribution is 0.424. The molecule has 0 unspecified atom stereocenters. The van der Waals surface area contributed by atoms with Gasteiger partial charge in [-0.2, -0.15) is 0 Å². The molecular weight excluding hydrogens is 176 g/mol. The summed E-state index contributed by atoms with van der Waals surface area (Å²) in [7, 11) is 2.01. The lowest BCUT2D eigenvalue weighted by Crippen LogP contribution is -2.43. The summed E-state index contributed by atoms with van der Waals surface area (Å²) in [5.41, 5.74) is 2.64. The Kier molecular flexibility index (Phi) is 7.20. The van der Waals surface area contributed by atoms with Gasteiger partial charge in [-0.1, -0.05) is 20.8 Å². The van der Waals surface area contributed by atoms with Gasteiger partial charge in [0, 0.05) is 20.1 Å². The van der Waals surface area contributed by atoms with E-state index >= 15 is 0 Å². The molecule has 0 saturated carbocycles. The van der Waals surface area contributed by atoms with E-state index in [-0.39, 0.29) is 0 Å². The number of aliphatic imine (C=N–C) groups is 1. The van der Waals surface area contributed by atoms with E-state index in [0.717, 1.165) is 31.9 Å². The first-order chi connectivity index (χ1) is 6.61. The first-order valence-corrected chi connectivity index (χ1v) is 5.34. The van der Waals surface area contributed by atoms with E-state index in [1.54, 1.807) is 0 Å². The number of hydrogen-bond donors (Lipinski definition) is 2. The molecule has 0 aromatic carbocycles. The van der Waals surface area contributed by atoms with Crippen molar-refractivity contribution in [3.8, 4) is 0 Å². The van der Waals surface area contributed by atoms with E-state index in [9.17, 15) is 0 Å².